The van der Waals surface area contributed by atoms with Gasteiger partial charge in [0, 0.05) is 36.5 Å². The highest BCUT2D eigenvalue weighted by molar-refractivity contribution is 6.11. The predicted molar refractivity (Wildman–Crippen MR) is 76.3 cm³/mol. The van der Waals surface area contributed by atoms with E-state index >= 15 is 0 Å². The van der Waals surface area contributed by atoms with Crippen LogP contribution in [-0.2, 0) is 14.3 Å². The summed E-state index contributed by atoms with van der Waals surface area (Å²) in [5.41, 5.74) is 2.71. The second-order valence-electron chi connectivity index (χ2n) is 6.13. The average Bonchev–Trinajstić information content (AvgIpc) is 2.74. The summed E-state index contributed by atoms with van der Waals surface area (Å²) in [6.07, 6.45) is 4.62. The molecule has 20 heavy (non-hydrogen) atoms. The molecule has 3 heteroatoms. The number of carbonyl (C=O) groups excluding carboxylic acids is 2. The molecule has 0 bridgehead atoms. The summed E-state index contributed by atoms with van der Waals surface area (Å²) >= 11 is 0. The van der Waals surface area contributed by atoms with Gasteiger partial charge in [-0.05, 0) is 38.5 Å². The van der Waals surface area contributed by atoms with Crippen molar-refractivity contribution in [2.24, 2.45) is 11.8 Å². The fourth-order valence-electron chi connectivity index (χ4n) is 4.19. The van der Waals surface area contributed by atoms with Crippen LogP contribution in [0.15, 0.2) is 23.3 Å². The van der Waals surface area contributed by atoms with E-state index in [0.29, 0.717) is 25.9 Å². The van der Waals surface area contributed by atoms with E-state index in [4.69, 9.17) is 4.74 Å². The molecule has 3 nitrogen and oxygen atoms in total. The average molecular weight is 274 g/mol. The van der Waals surface area contributed by atoms with Gasteiger partial charge in [-0.25, -0.2) is 0 Å². The molecule has 0 aromatic carbocycles. The Morgan fingerprint density at radius 1 is 1.20 bits per heavy atom. The van der Waals surface area contributed by atoms with E-state index in [1.807, 2.05) is 6.92 Å². The summed E-state index contributed by atoms with van der Waals surface area (Å²) < 4.78 is 5.85. The van der Waals surface area contributed by atoms with Crippen LogP contribution in [-0.4, -0.2) is 24.3 Å². The number of Topliss-reactive ketones (excluding diaryl/α,β-unsaturated/α-hetero) is 2. The molecule has 0 amide bonds. The van der Waals surface area contributed by atoms with E-state index in [-0.39, 0.29) is 29.5 Å². The van der Waals surface area contributed by atoms with Crippen LogP contribution in [0.2, 0.25) is 0 Å². The minimum atomic E-state index is -0.0482. The number of ketones is 2. The molecule has 0 aromatic heterocycles. The predicted octanol–water partition coefficient (Wildman–Crippen LogP) is 3.00. The molecular formula is C17H22O3. The lowest BCUT2D eigenvalue weighted by atomic mass is 9.70. The topological polar surface area (TPSA) is 43.4 Å². The van der Waals surface area contributed by atoms with Gasteiger partial charge in [0.25, 0.3) is 0 Å². The molecule has 1 saturated carbocycles. The Kier molecular flexibility index (Phi) is 3.63. The third kappa shape index (κ3) is 2.08. The summed E-state index contributed by atoms with van der Waals surface area (Å²) in [5, 5.41) is 0. The SMILES string of the molecule is C=C1CCCC2C(OCC)CC(=O)C3=C(C(=O)CC3)C12. The third-order valence-electron chi connectivity index (χ3n) is 5.02. The summed E-state index contributed by atoms with van der Waals surface area (Å²) in [6.45, 7) is 6.79. The standard InChI is InChI=1S/C17H22O3/c1-3-20-15-9-14(19)11-7-8-13(18)17(11)16-10(2)5-4-6-12(15)16/h12,15-16H,2-9H2,1H3. The summed E-state index contributed by atoms with van der Waals surface area (Å²) in [4.78, 5) is 24.7. The Hall–Kier alpha value is -1.22. The maximum atomic E-state index is 12.5. The van der Waals surface area contributed by atoms with E-state index in [1.165, 1.54) is 0 Å². The largest absolute Gasteiger partial charge is 0.378 e. The molecule has 0 spiro atoms. The number of hydrogen-bond acceptors (Lipinski definition) is 3. The zero-order chi connectivity index (χ0) is 14.3. The van der Waals surface area contributed by atoms with Gasteiger partial charge < -0.3 is 4.74 Å². The number of rotatable bonds is 2. The van der Waals surface area contributed by atoms with Crippen LogP contribution in [0, 0.1) is 11.8 Å². The van der Waals surface area contributed by atoms with E-state index in [2.05, 4.69) is 6.58 Å². The Balaban J connectivity index is 2.05. The van der Waals surface area contributed by atoms with Gasteiger partial charge in [-0.15, -0.1) is 0 Å². The molecule has 3 unspecified atom stereocenters. The summed E-state index contributed by atoms with van der Waals surface area (Å²) in [5.74, 6) is 0.626. The van der Waals surface area contributed by atoms with Crippen LogP contribution in [0.5, 0.6) is 0 Å². The van der Waals surface area contributed by atoms with Gasteiger partial charge in [0.15, 0.2) is 11.6 Å². The van der Waals surface area contributed by atoms with Crippen molar-refractivity contribution >= 4 is 11.6 Å². The fraction of sp³-hybridized carbons (Fsp3) is 0.647. The molecule has 0 radical (unpaired) electrons. The highest BCUT2D eigenvalue weighted by atomic mass is 16.5. The van der Waals surface area contributed by atoms with Crippen LogP contribution >= 0.6 is 0 Å². The quantitative estimate of drug-likeness (QED) is 0.727. The molecule has 0 aromatic rings. The molecule has 3 atom stereocenters. The molecule has 3 aliphatic rings. The third-order valence-corrected chi connectivity index (χ3v) is 5.02. The van der Waals surface area contributed by atoms with Gasteiger partial charge in [-0.2, -0.15) is 0 Å². The normalized spacial score (nSPS) is 34.0. The van der Waals surface area contributed by atoms with Gasteiger partial charge in [-0.1, -0.05) is 12.2 Å². The van der Waals surface area contributed by atoms with Crippen LogP contribution in [0.3, 0.4) is 0 Å². The maximum absolute atomic E-state index is 12.5. The van der Waals surface area contributed by atoms with Crippen molar-refractivity contribution in [1.82, 2.24) is 0 Å². The minimum absolute atomic E-state index is 0.0482. The zero-order valence-electron chi connectivity index (χ0n) is 12.1. The molecule has 0 saturated heterocycles. The monoisotopic (exact) mass is 274 g/mol. The van der Waals surface area contributed by atoms with Crippen molar-refractivity contribution in [2.75, 3.05) is 6.61 Å². The van der Waals surface area contributed by atoms with E-state index in [1.54, 1.807) is 0 Å². The summed E-state index contributed by atoms with van der Waals surface area (Å²) in [6, 6.07) is 0. The molecule has 108 valence electrons. The minimum Gasteiger partial charge on any atom is -0.378 e. The smallest absolute Gasteiger partial charge is 0.161 e. The van der Waals surface area contributed by atoms with Gasteiger partial charge in [0.1, 0.15) is 0 Å². The number of allylic oxidation sites excluding steroid dienone is 3. The van der Waals surface area contributed by atoms with E-state index < -0.39 is 0 Å². The number of ether oxygens (including phenoxy) is 1. The van der Waals surface area contributed by atoms with Crippen LogP contribution in [0.25, 0.3) is 0 Å². The van der Waals surface area contributed by atoms with Crippen LogP contribution in [0.1, 0.15) is 45.4 Å². The molecular weight excluding hydrogens is 252 g/mol. The molecule has 0 N–H and O–H groups in total. The summed E-state index contributed by atoms with van der Waals surface area (Å²) in [7, 11) is 0. The first-order chi connectivity index (χ1) is 9.63. The Labute approximate surface area is 120 Å². The van der Waals surface area contributed by atoms with Crippen molar-refractivity contribution in [3.8, 4) is 0 Å². The van der Waals surface area contributed by atoms with Gasteiger partial charge >= 0.3 is 0 Å². The highest BCUT2D eigenvalue weighted by Gasteiger charge is 2.45. The molecule has 1 fully saturated rings. The Morgan fingerprint density at radius 3 is 2.75 bits per heavy atom. The first kappa shape index (κ1) is 13.7. The van der Waals surface area contributed by atoms with Crippen LogP contribution in [0.4, 0.5) is 0 Å². The van der Waals surface area contributed by atoms with Gasteiger partial charge in [-0.3, -0.25) is 9.59 Å². The molecule has 3 aliphatic carbocycles. The lowest BCUT2D eigenvalue weighted by molar-refractivity contribution is -0.119. The number of carbonyl (C=O) groups is 2. The fourth-order valence-corrected chi connectivity index (χ4v) is 4.19. The molecule has 0 heterocycles. The number of hydrogen-bond donors (Lipinski definition) is 0. The van der Waals surface area contributed by atoms with Crippen molar-refractivity contribution in [3.63, 3.8) is 0 Å². The van der Waals surface area contributed by atoms with Crippen molar-refractivity contribution in [2.45, 2.75) is 51.6 Å². The first-order valence-corrected chi connectivity index (χ1v) is 7.72. The molecule has 0 aliphatic heterocycles. The second-order valence-corrected chi connectivity index (χ2v) is 6.13. The van der Waals surface area contributed by atoms with Crippen molar-refractivity contribution in [1.29, 1.82) is 0 Å². The Morgan fingerprint density at radius 2 is 2.00 bits per heavy atom. The second kappa shape index (κ2) is 5.28. The Bertz CT molecular complexity index is 500. The highest BCUT2D eigenvalue weighted by Crippen LogP contribution is 2.47. The number of fused-ring (bicyclic) bond motifs is 2. The molecule has 3 rings (SSSR count). The maximum Gasteiger partial charge on any atom is 0.161 e. The van der Waals surface area contributed by atoms with Gasteiger partial charge in [0.2, 0.25) is 0 Å². The lowest BCUT2D eigenvalue weighted by Gasteiger charge is -2.37. The van der Waals surface area contributed by atoms with Crippen LogP contribution < -0.4 is 0 Å². The lowest BCUT2D eigenvalue weighted by Crippen LogP contribution is -2.35. The zero-order valence-corrected chi connectivity index (χ0v) is 12.1. The van der Waals surface area contributed by atoms with Crippen molar-refractivity contribution in [3.05, 3.63) is 23.3 Å². The van der Waals surface area contributed by atoms with E-state index in [9.17, 15) is 9.59 Å². The van der Waals surface area contributed by atoms with Crippen molar-refractivity contribution < 1.29 is 14.3 Å². The van der Waals surface area contributed by atoms with Gasteiger partial charge in [0.05, 0.1) is 6.10 Å². The first-order valence-electron chi connectivity index (χ1n) is 7.72. The van der Waals surface area contributed by atoms with E-state index in [0.717, 1.165) is 36.0 Å².